The van der Waals surface area contributed by atoms with Gasteiger partial charge in [-0.05, 0) is 23.3 Å². The third kappa shape index (κ3) is 3.36. The maximum absolute atomic E-state index is 10.2. The van der Waals surface area contributed by atoms with Crippen LogP contribution in [0.15, 0.2) is 72.1 Å². The topological polar surface area (TPSA) is 64.5 Å². The van der Waals surface area contributed by atoms with Gasteiger partial charge in [-0.1, -0.05) is 60.7 Å². The van der Waals surface area contributed by atoms with Gasteiger partial charge in [0.05, 0.1) is 11.4 Å². The van der Waals surface area contributed by atoms with E-state index in [9.17, 15) is 10.2 Å². The highest BCUT2D eigenvalue weighted by Gasteiger charge is 2.24. The van der Waals surface area contributed by atoms with Gasteiger partial charge in [0.1, 0.15) is 0 Å². The summed E-state index contributed by atoms with van der Waals surface area (Å²) in [7, 11) is 0. The van der Waals surface area contributed by atoms with Crippen LogP contribution in [0.5, 0.6) is 0 Å². The van der Waals surface area contributed by atoms with Gasteiger partial charge in [0, 0.05) is 0 Å². The molecule has 2 unspecified atom stereocenters. The van der Waals surface area contributed by atoms with E-state index in [2.05, 4.69) is 10.6 Å². The van der Waals surface area contributed by atoms with Crippen molar-refractivity contribution in [3.05, 3.63) is 83.2 Å². The highest BCUT2D eigenvalue weighted by Crippen LogP contribution is 2.16. The van der Waals surface area contributed by atoms with Crippen LogP contribution in [0.1, 0.15) is 11.1 Å². The van der Waals surface area contributed by atoms with Crippen molar-refractivity contribution in [2.24, 2.45) is 0 Å². The number of benzene rings is 2. The van der Waals surface area contributed by atoms with Crippen LogP contribution < -0.4 is 10.6 Å². The van der Waals surface area contributed by atoms with Crippen LogP contribution in [0, 0.1) is 0 Å². The quantitative estimate of drug-likeness (QED) is 0.683. The summed E-state index contributed by atoms with van der Waals surface area (Å²) < 4.78 is 0. The number of rotatable bonds is 2. The number of hydrogen-bond acceptors (Lipinski definition) is 4. The van der Waals surface area contributed by atoms with Crippen LogP contribution in [0.4, 0.5) is 0 Å². The lowest BCUT2D eigenvalue weighted by atomic mass is 10.1. The molecule has 0 spiro atoms. The molecule has 0 bridgehead atoms. The van der Waals surface area contributed by atoms with Crippen molar-refractivity contribution in [2.45, 2.75) is 12.5 Å². The average molecular weight is 294 g/mol. The first-order valence-electron chi connectivity index (χ1n) is 7.15. The van der Waals surface area contributed by atoms with Crippen molar-refractivity contribution in [3.63, 3.8) is 0 Å². The van der Waals surface area contributed by atoms with E-state index in [0.717, 1.165) is 11.1 Å². The minimum Gasteiger partial charge on any atom is -0.368 e. The second kappa shape index (κ2) is 6.47. The fraction of sp³-hybridized carbons (Fsp3) is 0.111. The molecular formula is C18H18N2O2. The third-order valence-electron chi connectivity index (χ3n) is 3.44. The molecule has 0 saturated carbocycles. The molecule has 22 heavy (non-hydrogen) atoms. The molecule has 3 rings (SSSR count). The Morgan fingerprint density at radius 2 is 1.00 bits per heavy atom. The summed E-state index contributed by atoms with van der Waals surface area (Å²) in [6.45, 7) is 0. The Morgan fingerprint density at radius 1 is 0.636 bits per heavy atom. The molecule has 1 aliphatic heterocycles. The molecule has 1 heterocycles. The molecule has 4 nitrogen and oxygen atoms in total. The summed E-state index contributed by atoms with van der Waals surface area (Å²) in [5.41, 5.74) is 2.97. The first kappa shape index (κ1) is 14.4. The molecule has 0 radical (unpaired) electrons. The van der Waals surface area contributed by atoms with Gasteiger partial charge in [-0.3, -0.25) is 0 Å². The minimum atomic E-state index is -0.890. The van der Waals surface area contributed by atoms with E-state index in [-0.39, 0.29) is 0 Å². The summed E-state index contributed by atoms with van der Waals surface area (Å²) in [5, 5.41) is 26.2. The van der Waals surface area contributed by atoms with Gasteiger partial charge in [0.25, 0.3) is 0 Å². The van der Waals surface area contributed by atoms with Gasteiger partial charge in [-0.15, -0.1) is 0 Å². The summed E-state index contributed by atoms with van der Waals surface area (Å²) >= 11 is 0. The smallest absolute Gasteiger partial charge is 0.165 e. The molecule has 1 fully saturated rings. The Balaban J connectivity index is 1.80. The van der Waals surface area contributed by atoms with E-state index >= 15 is 0 Å². The van der Waals surface area contributed by atoms with E-state index in [1.54, 1.807) is 12.2 Å². The highest BCUT2D eigenvalue weighted by atomic mass is 16.3. The van der Waals surface area contributed by atoms with Crippen molar-refractivity contribution in [1.82, 2.24) is 10.6 Å². The predicted molar refractivity (Wildman–Crippen MR) is 87.1 cm³/mol. The van der Waals surface area contributed by atoms with E-state index in [4.69, 9.17) is 0 Å². The van der Waals surface area contributed by atoms with Crippen molar-refractivity contribution >= 4 is 12.2 Å². The van der Waals surface area contributed by atoms with Crippen LogP contribution in [-0.2, 0) is 0 Å². The molecule has 0 aromatic heterocycles. The maximum Gasteiger partial charge on any atom is 0.165 e. The lowest BCUT2D eigenvalue weighted by Gasteiger charge is -2.31. The molecule has 112 valence electrons. The number of aliphatic hydroxyl groups excluding tert-OH is 2. The molecule has 2 aromatic carbocycles. The number of nitrogens with one attached hydrogen (secondary N) is 2. The molecule has 2 aromatic rings. The zero-order chi connectivity index (χ0) is 15.4. The average Bonchev–Trinajstić information content (AvgIpc) is 2.54. The van der Waals surface area contributed by atoms with Crippen molar-refractivity contribution in [2.75, 3.05) is 0 Å². The molecule has 0 amide bonds. The zero-order valence-electron chi connectivity index (χ0n) is 12.0. The highest BCUT2D eigenvalue weighted by molar-refractivity contribution is 5.57. The zero-order valence-corrected chi connectivity index (χ0v) is 12.0. The van der Waals surface area contributed by atoms with Crippen LogP contribution in [-0.4, -0.2) is 22.7 Å². The van der Waals surface area contributed by atoms with Crippen LogP contribution >= 0.6 is 0 Å². The van der Waals surface area contributed by atoms with E-state index < -0.39 is 12.5 Å². The lowest BCUT2D eigenvalue weighted by Crippen LogP contribution is -2.50. The normalized spacial score (nSPS) is 24.8. The summed E-state index contributed by atoms with van der Waals surface area (Å²) in [6, 6.07) is 19.3. The van der Waals surface area contributed by atoms with Crippen LogP contribution in [0.2, 0.25) is 0 Å². The summed E-state index contributed by atoms with van der Waals surface area (Å²) in [6.07, 6.45) is 1.83. The van der Waals surface area contributed by atoms with Gasteiger partial charge in [-0.2, -0.15) is 0 Å². The summed E-state index contributed by atoms with van der Waals surface area (Å²) in [4.78, 5) is 0. The monoisotopic (exact) mass is 294 g/mol. The standard InChI is InChI=1S/C18H18N2O2/c21-17-15(11-13-7-3-1-4-8-13)19-18(22)16(20-17)12-14-9-5-2-6-10-14/h1-12,17-22H. The lowest BCUT2D eigenvalue weighted by molar-refractivity contribution is 0.0960. The van der Waals surface area contributed by atoms with Gasteiger partial charge >= 0.3 is 0 Å². The first-order valence-corrected chi connectivity index (χ1v) is 7.15. The van der Waals surface area contributed by atoms with Crippen molar-refractivity contribution < 1.29 is 10.2 Å². The number of piperazine rings is 1. The maximum atomic E-state index is 10.2. The Labute approximate surface area is 129 Å². The second-order valence-electron chi connectivity index (χ2n) is 5.11. The number of aliphatic hydroxyl groups is 2. The van der Waals surface area contributed by atoms with E-state index in [0.29, 0.717) is 11.4 Å². The predicted octanol–water partition coefficient (Wildman–Crippen LogP) is 1.90. The molecule has 4 heteroatoms. The molecular weight excluding hydrogens is 276 g/mol. The van der Waals surface area contributed by atoms with E-state index in [1.165, 1.54) is 0 Å². The Hall–Kier alpha value is -2.56. The fourth-order valence-electron chi connectivity index (χ4n) is 2.33. The largest absolute Gasteiger partial charge is 0.368 e. The van der Waals surface area contributed by atoms with Crippen molar-refractivity contribution in [1.29, 1.82) is 0 Å². The number of hydrogen-bond donors (Lipinski definition) is 4. The van der Waals surface area contributed by atoms with Crippen LogP contribution in [0.25, 0.3) is 12.2 Å². The summed E-state index contributed by atoms with van der Waals surface area (Å²) in [5.74, 6) is 0. The van der Waals surface area contributed by atoms with E-state index in [1.807, 2.05) is 60.7 Å². The minimum absolute atomic E-state index is 0.531. The van der Waals surface area contributed by atoms with Gasteiger partial charge in [0.15, 0.2) is 12.5 Å². The first-order chi connectivity index (χ1) is 10.7. The molecule has 1 aliphatic rings. The molecule has 2 atom stereocenters. The second-order valence-corrected chi connectivity index (χ2v) is 5.11. The van der Waals surface area contributed by atoms with Crippen LogP contribution in [0.3, 0.4) is 0 Å². The van der Waals surface area contributed by atoms with Gasteiger partial charge < -0.3 is 20.8 Å². The van der Waals surface area contributed by atoms with Crippen molar-refractivity contribution in [3.8, 4) is 0 Å². The van der Waals surface area contributed by atoms with Gasteiger partial charge in [0.2, 0.25) is 0 Å². The molecule has 4 N–H and O–H groups in total. The Bertz CT molecular complexity index is 619. The molecule has 1 saturated heterocycles. The SMILES string of the molecule is OC1NC(=Cc2ccccc2)C(O)NC1=Cc1ccccc1. The Morgan fingerprint density at radius 3 is 1.36 bits per heavy atom. The Kier molecular flexibility index (Phi) is 4.23. The van der Waals surface area contributed by atoms with Gasteiger partial charge in [-0.25, -0.2) is 0 Å². The third-order valence-corrected chi connectivity index (χ3v) is 3.44. The fourth-order valence-corrected chi connectivity index (χ4v) is 2.33. The molecule has 0 aliphatic carbocycles.